The molecule has 13 heavy (non-hydrogen) atoms. The van der Waals surface area contributed by atoms with Gasteiger partial charge in [-0.2, -0.15) is 0 Å². The van der Waals surface area contributed by atoms with Crippen LogP contribution in [-0.4, -0.2) is 6.04 Å². The minimum absolute atomic E-state index is 0.530. The molecule has 0 saturated heterocycles. The van der Waals surface area contributed by atoms with Crippen molar-refractivity contribution in [2.24, 2.45) is 0 Å². The molecule has 0 aromatic heterocycles. The van der Waals surface area contributed by atoms with Gasteiger partial charge in [-0.15, -0.1) is 0 Å². The van der Waals surface area contributed by atoms with E-state index in [1.807, 2.05) is 13.8 Å². The molecule has 0 bridgehead atoms. The Morgan fingerprint density at radius 1 is 1.15 bits per heavy atom. The summed E-state index contributed by atoms with van der Waals surface area (Å²) in [6.45, 7) is 16.1. The van der Waals surface area contributed by atoms with E-state index in [-0.39, 0.29) is 0 Å². The molecule has 1 nitrogen and oxygen atoms in total. The zero-order valence-corrected chi connectivity index (χ0v) is 10.5. The molecule has 0 radical (unpaired) electrons. The normalized spacial score (nSPS) is 7.62. The van der Waals surface area contributed by atoms with Crippen LogP contribution in [0.4, 0.5) is 0 Å². The molecule has 0 atom stereocenters. The quantitative estimate of drug-likeness (QED) is 0.690. The van der Waals surface area contributed by atoms with Crippen LogP contribution in [0.5, 0.6) is 0 Å². The average molecular weight is 187 g/mol. The number of nitrogens with one attached hydrogen (secondary N) is 1. The van der Waals surface area contributed by atoms with Crippen molar-refractivity contribution in [3.05, 3.63) is 12.8 Å². The van der Waals surface area contributed by atoms with Crippen molar-refractivity contribution in [2.45, 2.75) is 66.8 Å². The number of rotatable bonds is 4. The molecule has 0 aliphatic rings. The first-order chi connectivity index (χ1) is 6.18. The minimum Gasteiger partial charge on any atom is -0.389 e. The van der Waals surface area contributed by atoms with Crippen molar-refractivity contribution < 1.29 is 0 Å². The van der Waals surface area contributed by atoms with Gasteiger partial charge in [0.25, 0.3) is 0 Å². The molecular formula is C12H29N. The van der Waals surface area contributed by atoms with E-state index in [0.29, 0.717) is 6.04 Å². The van der Waals surface area contributed by atoms with Gasteiger partial charge in [-0.1, -0.05) is 53.5 Å². The summed E-state index contributed by atoms with van der Waals surface area (Å²) in [5.41, 5.74) is 0. The molecule has 0 heterocycles. The second-order valence-corrected chi connectivity index (χ2v) is 2.88. The molecule has 0 aromatic rings. The van der Waals surface area contributed by atoms with E-state index >= 15 is 0 Å². The summed E-state index contributed by atoms with van der Waals surface area (Å²) in [6, 6.07) is 0.530. The maximum atomic E-state index is 3.49. The maximum Gasteiger partial charge on any atom is 0.0199 e. The molecule has 0 aliphatic carbocycles. The highest BCUT2D eigenvalue weighted by molar-refractivity contribution is 4.65. The van der Waals surface area contributed by atoms with E-state index in [1.54, 1.807) is 6.20 Å². The Kier molecular flexibility index (Phi) is 31.8. The molecule has 82 valence electrons. The van der Waals surface area contributed by atoms with Crippen LogP contribution in [0.25, 0.3) is 0 Å². The fraction of sp³-hybridized carbons (Fsp3) is 0.833. The first-order valence-corrected chi connectivity index (χ1v) is 5.55. The molecule has 0 fully saturated rings. The summed E-state index contributed by atoms with van der Waals surface area (Å²) in [4.78, 5) is 0. The number of hydrogen-bond donors (Lipinski definition) is 1. The average Bonchev–Trinajstić information content (AvgIpc) is 2.10. The molecular weight excluding hydrogens is 158 g/mol. The lowest BCUT2D eigenvalue weighted by molar-refractivity contribution is 0.704. The van der Waals surface area contributed by atoms with Gasteiger partial charge < -0.3 is 5.32 Å². The summed E-state index contributed by atoms with van der Waals surface area (Å²) in [5.74, 6) is 0. The highest BCUT2D eigenvalue weighted by Gasteiger charge is 1.78. The van der Waals surface area contributed by atoms with Crippen LogP contribution in [0.15, 0.2) is 12.8 Å². The van der Waals surface area contributed by atoms with Crippen LogP contribution in [0.1, 0.15) is 60.8 Å². The molecule has 0 aliphatic heterocycles. The fourth-order valence-electron chi connectivity index (χ4n) is 0.589. The van der Waals surface area contributed by atoms with Crippen molar-refractivity contribution >= 4 is 0 Å². The molecule has 0 unspecified atom stereocenters. The van der Waals surface area contributed by atoms with Crippen molar-refractivity contribution in [3.63, 3.8) is 0 Å². The van der Waals surface area contributed by atoms with Crippen LogP contribution in [-0.2, 0) is 0 Å². The molecule has 0 amide bonds. The largest absolute Gasteiger partial charge is 0.389 e. The van der Waals surface area contributed by atoms with Crippen molar-refractivity contribution in [3.8, 4) is 0 Å². The molecule has 0 spiro atoms. The Bertz CT molecular complexity index is 65.5. The maximum absolute atomic E-state index is 3.49. The van der Waals surface area contributed by atoms with E-state index in [1.165, 1.54) is 19.3 Å². The topological polar surface area (TPSA) is 12.0 Å². The lowest BCUT2D eigenvalue weighted by atomic mass is 10.3. The van der Waals surface area contributed by atoms with Crippen molar-refractivity contribution in [1.82, 2.24) is 5.32 Å². The first-order valence-electron chi connectivity index (χ1n) is 5.55. The number of unbranched alkanes of at least 4 members (excludes halogenated alkanes) is 2. The molecule has 1 N–H and O–H groups in total. The van der Waals surface area contributed by atoms with E-state index in [2.05, 4.69) is 39.6 Å². The van der Waals surface area contributed by atoms with Crippen molar-refractivity contribution in [2.75, 3.05) is 0 Å². The highest BCUT2D eigenvalue weighted by atomic mass is 14.9. The number of hydrogen-bond acceptors (Lipinski definition) is 1. The predicted molar refractivity (Wildman–Crippen MR) is 65.0 cm³/mol. The van der Waals surface area contributed by atoms with Gasteiger partial charge in [0.15, 0.2) is 0 Å². The third kappa shape index (κ3) is 51.0. The van der Waals surface area contributed by atoms with E-state index in [9.17, 15) is 0 Å². The Labute approximate surface area is 85.6 Å². The molecule has 0 saturated carbocycles. The van der Waals surface area contributed by atoms with Gasteiger partial charge in [-0.25, -0.2) is 0 Å². The zero-order valence-electron chi connectivity index (χ0n) is 10.5. The SMILES string of the molecule is C=CNC(C)C.CC.CCCCC. The molecule has 0 rings (SSSR count). The second-order valence-electron chi connectivity index (χ2n) is 2.88. The zero-order chi connectivity index (χ0) is 11.1. The van der Waals surface area contributed by atoms with Crippen LogP contribution in [0.3, 0.4) is 0 Å². The van der Waals surface area contributed by atoms with E-state index < -0.39 is 0 Å². The summed E-state index contributed by atoms with van der Waals surface area (Å²) in [6.07, 6.45) is 5.78. The molecule has 1 heteroatoms. The fourth-order valence-corrected chi connectivity index (χ4v) is 0.589. The second kappa shape index (κ2) is 22.5. The summed E-state index contributed by atoms with van der Waals surface area (Å²) in [7, 11) is 0. The first kappa shape index (κ1) is 18.3. The van der Waals surface area contributed by atoms with Crippen LogP contribution >= 0.6 is 0 Å². The minimum atomic E-state index is 0.530. The lowest BCUT2D eigenvalue weighted by Crippen LogP contribution is -2.14. The molecule has 0 aromatic carbocycles. The van der Waals surface area contributed by atoms with Crippen LogP contribution in [0, 0.1) is 0 Å². The van der Waals surface area contributed by atoms with Crippen molar-refractivity contribution in [1.29, 1.82) is 0 Å². The van der Waals surface area contributed by atoms with E-state index in [4.69, 9.17) is 0 Å². The predicted octanol–water partition coefficient (Wildman–Crippen LogP) is 4.35. The Balaban J connectivity index is -0.000000131. The monoisotopic (exact) mass is 187 g/mol. The van der Waals surface area contributed by atoms with Gasteiger partial charge in [0.2, 0.25) is 0 Å². The van der Waals surface area contributed by atoms with Crippen LogP contribution < -0.4 is 5.32 Å². The smallest absolute Gasteiger partial charge is 0.0199 e. The van der Waals surface area contributed by atoms with Gasteiger partial charge >= 0.3 is 0 Å². The Hall–Kier alpha value is -0.460. The lowest BCUT2D eigenvalue weighted by Gasteiger charge is -1.99. The van der Waals surface area contributed by atoms with Crippen LogP contribution in [0.2, 0.25) is 0 Å². The van der Waals surface area contributed by atoms with Gasteiger partial charge in [0.05, 0.1) is 0 Å². The van der Waals surface area contributed by atoms with Gasteiger partial charge in [0, 0.05) is 6.04 Å². The third-order valence-electron chi connectivity index (χ3n) is 1.16. The van der Waals surface area contributed by atoms with Gasteiger partial charge in [0.1, 0.15) is 0 Å². The summed E-state index contributed by atoms with van der Waals surface area (Å²) >= 11 is 0. The van der Waals surface area contributed by atoms with E-state index in [0.717, 1.165) is 0 Å². The Morgan fingerprint density at radius 2 is 1.54 bits per heavy atom. The highest BCUT2D eigenvalue weighted by Crippen LogP contribution is 1.88. The third-order valence-corrected chi connectivity index (χ3v) is 1.16. The Morgan fingerprint density at radius 3 is 1.54 bits per heavy atom. The van der Waals surface area contributed by atoms with Gasteiger partial charge in [-0.3, -0.25) is 0 Å². The standard InChI is InChI=1S/C5H11N.C5H12.C2H6/c1-4-6-5(2)3;1-3-5-4-2;1-2/h4-6H,1H2,2-3H3;3-5H2,1-2H3;1-2H3. The summed E-state index contributed by atoms with van der Waals surface area (Å²) in [5, 5.41) is 2.97. The summed E-state index contributed by atoms with van der Waals surface area (Å²) < 4.78 is 0. The van der Waals surface area contributed by atoms with Gasteiger partial charge in [-0.05, 0) is 20.0 Å².